The van der Waals surface area contributed by atoms with Crippen molar-refractivity contribution < 1.29 is 4.74 Å². The summed E-state index contributed by atoms with van der Waals surface area (Å²) in [5.74, 6) is 0.902. The maximum Gasteiger partial charge on any atom is 0.147 e. The highest BCUT2D eigenvalue weighted by Crippen LogP contribution is 2.33. The van der Waals surface area contributed by atoms with Crippen LogP contribution in [0.4, 0.5) is 5.69 Å². The van der Waals surface area contributed by atoms with Crippen LogP contribution < -0.4 is 10.5 Å². The van der Waals surface area contributed by atoms with Gasteiger partial charge in [-0.25, -0.2) is 0 Å². The molecule has 0 bridgehead atoms. The fraction of sp³-hybridized carbons (Fsp3) is 0. The standard InChI is InChI=1S/C13H8BrClN2O/c14-9-1-3-11(15)13(6-9)18-12-4-2-10(17)5-8(12)7-16/h1-6H,17H2. The second kappa shape index (κ2) is 5.30. The fourth-order valence-corrected chi connectivity index (χ4v) is 1.89. The van der Waals surface area contributed by atoms with E-state index in [4.69, 9.17) is 27.3 Å². The Kier molecular flexibility index (Phi) is 3.75. The number of nitrogens with zero attached hydrogens (tertiary/aromatic N) is 1. The predicted octanol–water partition coefficient (Wildman–Crippen LogP) is 4.35. The van der Waals surface area contributed by atoms with Crippen molar-refractivity contribution in [2.45, 2.75) is 0 Å². The monoisotopic (exact) mass is 322 g/mol. The summed E-state index contributed by atoms with van der Waals surface area (Å²) < 4.78 is 6.47. The molecule has 0 aromatic heterocycles. The van der Waals surface area contributed by atoms with Crippen LogP contribution in [0.15, 0.2) is 40.9 Å². The largest absolute Gasteiger partial charge is 0.454 e. The lowest BCUT2D eigenvalue weighted by atomic mass is 10.2. The Morgan fingerprint density at radius 3 is 2.67 bits per heavy atom. The quantitative estimate of drug-likeness (QED) is 0.836. The second-order valence-corrected chi connectivity index (χ2v) is 4.87. The molecule has 0 aliphatic heterocycles. The Bertz CT molecular complexity index is 637. The predicted molar refractivity (Wildman–Crippen MR) is 74.8 cm³/mol. The average Bonchev–Trinajstić information content (AvgIpc) is 2.36. The normalized spacial score (nSPS) is 9.83. The SMILES string of the molecule is N#Cc1cc(N)ccc1Oc1cc(Br)ccc1Cl. The number of nitriles is 1. The first-order valence-corrected chi connectivity index (χ1v) is 6.20. The van der Waals surface area contributed by atoms with Gasteiger partial charge in [-0.2, -0.15) is 5.26 Å². The second-order valence-electron chi connectivity index (χ2n) is 3.54. The molecular formula is C13H8BrClN2O. The molecule has 2 aromatic carbocycles. The van der Waals surface area contributed by atoms with Crippen LogP contribution >= 0.6 is 27.5 Å². The van der Waals surface area contributed by atoms with E-state index in [0.29, 0.717) is 27.8 Å². The van der Waals surface area contributed by atoms with Crippen LogP contribution in [-0.4, -0.2) is 0 Å². The molecule has 0 heterocycles. The third-order valence-electron chi connectivity index (χ3n) is 2.24. The lowest BCUT2D eigenvalue weighted by Gasteiger charge is -2.09. The minimum Gasteiger partial charge on any atom is -0.454 e. The van der Waals surface area contributed by atoms with Gasteiger partial charge in [0.2, 0.25) is 0 Å². The minimum absolute atomic E-state index is 0.367. The summed E-state index contributed by atoms with van der Waals surface area (Å²) in [6.07, 6.45) is 0. The summed E-state index contributed by atoms with van der Waals surface area (Å²) in [5.41, 5.74) is 6.49. The van der Waals surface area contributed by atoms with E-state index in [1.54, 1.807) is 30.3 Å². The van der Waals surface area contributed by atoms with Crippen LogP contribution in [0, 0.1) is 11.3 Å². The van der Waals surface area contributed by atoms with Crippen LogP contribution in [0.25, 0.3) is 0 Å². The molecular weight excluding hydrogens is 316 g/mol. The number of hydrogen-bond donors (Lipinski definition) is 1. The molecule has 2 rings (SSSR count). The average molecular weight is 324 g/mol. The summed E-state index contributed by atoms with van der Waals surface area (Å²) in [6, 6.07) is 12.2. The molecule has 0 saturated heterocycles. The minimum atomic E-state index is 0.367. The summed E-state index contributed by atoms with van der Waals surface area (Å²) in [4.78, 5) is 0. The van der Waals surface area contributed by atoms with Crippen molar-refractivity contribution in [2.75, 3.05) is 5.73 Å². The van der Waals surface area contributed by atoms with Gasteiger partial charge in [-0.05, 0) is 36.4 Å². The zero-order valence-corrected chi connectivity index (χ0v) is 11.5. The van der Waals surface area contributed by atoms with Crippen molar-refractivity contribution in [3.63, 3.8) is 0 Å². The van der Waals surface area contributed by atoms with Crippen molar-refractivity contribution in [3.05, 3.63) is 51.5 Å². The Morgan fingerprint density at radius 1 is 1.17 bits per heavy atom. The maximum atomic E-state index is 9.02. The Labute approximate surface area is 118 Å². The van der Waals surface area contributed by atoms with E-state index in [9.17, 15) is 0 Å². The number of benzene rings is 2. The smallest absolute Gasteiger partial charge is 0.147 e. The molecule has 2 aromatic rings. The Balaban J connectivity index is 2.40. The van der Waals surface area contributed by atoms with Gasteiger partial charge >= 0.3 is 0 Å². The molecule has 2 N–H and O–H groups in total. The highest BCUT2D eigenvalue weighted by atomic mass is 79.9. The third-order valence-corrected chi connectivity index (χ3v) is 3.04. The van der Waals surface area contributed by atoms with Crippen molar-refractivity contribution in [2.24, 2.45) is 0 Å². The molecule has 0 amide bonds. The number of nitrogen functional groups attached to an aromatic ring is 1. The molecule has 90 valence electrons. The van der Waals surface area contributed by atoms with E-state index < -0.39 is 0 Å². The molecule has 0 aliphatic carbocycles. The number of rotatable bonds is 2. The Morgan fingerprint density at radius 2 is 1.94 bits per heavy atom. The highest BCUT2D eigenvalue weighted by Gasteiger charge is 2.08. The zero-order valence-electron chi connectivity index (χ0n) is 9.15. The number of hydrogen-bond acceptors (Lipinski definition) is 3. The van der Waals surface area contributed by atoms with Crippen molar-refractivity contribution >= 4 is 33.2 Å². The van der Waals surface area contributed by atoms with Crippen LogP contribution in [0.5, 0.6) is 11.5 Å². The summed E-state index contributed by atoms with van der Waals surface area (Å²) in [5, 5.41) is 9.49. The molecule has 0 unspecified atom stereocenters. The highest BCUT2D eigenvalue weighted by molar-refractivity contribution is 9.10. The van der Waals surface area contributed by atoms with E-state index in [1.807, 2.05) is 12.1 Å². The van der Waals surface area contributed by atoms with E-state index in [0.717, 1.165) is 4.47 Å². The van der Waals surface area contributed by atoms with E-state index >= 15 is 0 Å². The van der Waals surface area contributed by atoms with Crippen molar-refractivity contribution in [1.29, 1.82) is 5.26 Å². The molecule has 0 radical (unpaired) electrons. The van der Waals surface area contributed by atoms with Crippen LogP contribution in [-0.2, 0) is 0 Å². The van der Waals surface area contributed by atoms with Gasteiger partial charge in [0.25, 0.3) is 0 Å². The lowest BCUT2D eigenvalue weighted by Crippen LogP contribution is -1.92. The molecule has 0 atom stereocenters. The van der Waals surface area contributed by atoms with Gasteiger partial charge in [-0.3, -0.25) is 0 Å². The van der Waals surface area contributed by atoms with Gasteiger partial charge in [-0.1, -0.05) is 27.5 Å². The van der Waals surface area contributed by atoms with Gasteiger partial charge in [0, 0.05) is 10.2 Å². The number of nitrogens with two attached hydrogens (primary N) is 1. The molecule has 0 spiro atoms. The van der Waals surface area contributed by atoms with Gasteiger partial charge in [0.1, 0.15) is 17.6 Å². The van der Waals surface area contributed by atoms with Gasteiger partial charge in [0.15, 0.2) is 0 Å². The molecule has 0 fully saturated rings. The number of ether oxygens (including phenoxy) is 1. The van der Waals surface area contributed by atoms with Crippen molar-refractivity contribution in [1.82, 2.24) is 0 Å². The molecule has 0 saturated carbocycles. The van der Waals surface area contributed by atoms with Gasteiger partial charge in [0.05, 0.1) is 10.6 Å². The third kappa shape index (κ3) is 2.76. The molecule has 5 heteroatoms. The molecule has 18 heavy (non-hydrogen) atoms. The maximum absolute atomic E-state index is 9.02. The first kappa shape index (κ1) is 12.7. The lowest BCUT2D eigenvalue weighted by molar-refractivity contribution is 0.481. The summed E-state index contributed by atoms with van der Waals surface area (Å²) in [6.45, 7) is 0. The fourth-order valence-electron chi connectivity index (χ4n) is 1.40. The van der Waals surface area contributed by atoms with E-state index in [1.165, 1.54) is 0 Å². The molecule has 3 nitrogen and oxygen atoms in total. The molecule has 0 aliphatic rings. The van der Waals surface area contributed by atoms with Crippen molar-refractivity contribution in [3.8, 4) is 17.6 Å². The van der Waals surface area contributed by atoms with Crippen LogP contribution in [0.3, 0.4) is 0 Å². The van der Waals surface area contributed by atoms with Gasteiger partial charge < -0.3 is 10.5 Å². The Hall–Kier alpha value is -1.70. The van der Waals surface area contributed by atoms with Gasteiger partial charge in [-0.15, -0.1) is 0 Å². The zero-order chi connectivity index (χ0) is 13.1. The number of halogens is 2. The summed E-state index contributed by atoms with van der Waals surface area (Å²) >= 11 is 9.35. The first-order valence-electron chi connectivity index (χ1n) is 5.02. The van der Waals surface area contributed by atoms with Crippen LogP contribution in [0.1, 0.15) is 5.56 Å². The van der Waals surface area contributed by atoms with Crippen LogP contribution in [0.2, 0.25) is 5.02 Å². The van der Waals surface area contributed by atoms with E-state index in [-0.39, 0.29) is 0 Å². The topological polar surface area (TPSA) is 59.0 Å². The summed E-state index contributed by atoms with van der Waals surface area (Å²) in [7, 11) is 0. The van der Waals surface area contributed by atoms with E-state index in [2.05, 4.69) is 15.9 Å². The number of anilines is 1. The first-order chi connectivity index (χ1) is 8.60.